The molecule has 0 saturated carbocycles. The number of hydrogen-bond donors (Lipinski definition) is 2. The number of benzene rings is 1. The number of aliphatic hydroxyl groups is 1. The van der Waals surface area contributed by atoms with Crippen molar-refractivity contribution in [3.8, 4) is 11.5 Å². The Bertz CT molecular complexity index is 420. The SMILES string of the molecule is CCNC(=O)CCC(O)c1ccc(OC)cc1OC. The molecule has 19 heavy (non-hydrogen) atoms. The van der Waals surface area contributed by atoms with Gasteiger partial charge in [0, 0.05) is 24.6 Å². The number of ether oxygens (including phenoxy) is 2. The van der Waals surface area contributed by atoms with E-state index in [1.165, 1.54) is 7.11 Å². The van der Waals surface area contributed by atoms with Gasteiger partial charge in [-0.3, -0.25) is 4.79 Å². The minimum Gasteiger partial charge on any atom is -0.497 e. The fraction of sp³-hybridized carbons (Fsp3) is 0.500. The van der Waals surface area contributed by atoms with E-state index in [1.807, 2.05) is 6.92 Å². The Morgan fingerprint density at radius 1 is 1.37 bits per heavy atom. The molecule has 106 valence electrons. The minimum atomic E-state index is -0.733. The van der Waals surface area contributed by atoms with Crippen molar-refractivity contribution in [2.75, 3.05) is 20.8 Å². The molecule has 2 N–H and O–H groups in total. The minimum absolute atomic E-state index is 0.0611. The van der Waals surface area contributed by atoms with E-state index in [2.05, 4.69) is 5.32 Å². The predicted molar refractivity (Wildman–Crippen MR) is 72.4 cm³/mol. The van der Waals surface area contributed by atoms with E-state index in [-0.39, 0.29) is 12.3 Å². The Hall–Kier alpha value is -1.75. The Morgan fingerprint density at radius 2 is 2.11 bits per heavy atom. The number of methoxy groups -OCH3 is 2. The van der Waals surface area contributed by atoms with Crippen molar-refractivity contribution in [2.45, 2.75) is 25.9 Å². The average molecular weight is 267 g/mol. The third-order valence-corrected chi connectivity index (χ3v) is 2.82. The van der Waals surface area contributed by atoms with Crippen LogP contribution in [0.2, 0.25) is 0 Å². The topological polar surface area (TPSA) is 67.8 Å². The largest absolute Gasteiger partial charge is 0.497 e. The van der Waals surface area contributed by atoms with Gasteiger partial charge in [-0.2, -0.15) is 0 Å². The predicted octanol–water partition coefficient (Wildman–Crippen LogP) is 1.65. The zero-order valence-electron chi connectivity index (χ0n) is 11.6. The quantitative estimate of drug-likeness (QED) is 0.788. The summed E-state index contributed by atoms with van der Waals surface area (Å²) in [5, 5.41) is 12.8. The van der Waals surface area contributed by atoms with Crippen molar-refractivity contribution < 1.29 is 19.4 Å². The lowest BCUT2D eigenvalue weighted by molar-refractivity contribution is -0.121. The number of carbonyl (C=O) groups excluding carboxylic acids is 1. The van der Waals surface area contributed by atoms with Crippen LogP contribution >= 0.6 is 0 Å². The summed E-state index contributed by atoms with van der Waals surface area (Å²) in [6.07, 6.45) is -0.0953. The van der Waals surface area contributed by atoms with Crippen LogP contribution in [0.15, 0.2) is 18.2 Å². The van der Waals surface area contributed by atoms with Crippen molar-refractivity contribution in [2.24, 2.45) is 0 Å². The average Bonchev–Trinajstić information content (AvgIpc) is 2.44. The van der Waals surface area contributed by atoms with E-state index in [0.717, 1.165) is 0 Å². The lowest BCUT2D eigenvalue weighted by Gasteiger charge is -2.15. The van der Waals surface area contributed by atoms with Crippen LogP contribution in [0.1, 0.15) is 31.4 Å². The Morgan fingerprint density at radius 3 is 2.68 bits per heavy atom. The van der Waals surface area contributed by atoms with E-state index in [4.69, 9.17) is 9.47 Å². The fourth-order valence-corrected chi connectivity index (χ4v) is 1.80. The summed E-state index contributed by atoms with van der Waals surface area (Å²) in [7, 11) is 3.11. The molecule has 0 heterocycles. The van der Waals surface area contributed by atoms with E-state index in [1.54, 1.807) is 25.3 Å². The number of amides is 1. The van der Waals surface area contributed by atoms with Crippen LogP contribution in [0.5, 0.6) is 11.5 Å². The van der Waals surface area contributed by atoms with Crippen molar-refractivity contribution in [1.82, 2.24) is 5.32 Å². The van der Waals surface area contributed by atoms with Gasteiger partial charge in [0.25, 0.3) is 0 Å². The van der Waals surface area contributed by atoms with Gasteiger partial charge in [0.05, 0.1) is 20.3 Å². The number of nitrogens with one attached hydrogen (secondary N) is 1. The van der Waals surface area contributed by atoms with Gasteiger partial charge in [-0.25, -0.2) is 0 Å². The van der Waals surface area contributed by atoms with Gasteiger partial charge in [0.1, 0.15) is 11.5 Å². The highest BCUT2D eigenvalue weighted by Gasteiger charge is 2.15. The summed E-state index contributed by atoms with van der Waals surface area (Å²) in [6, 6.07) is 5.22. The molecule has 0 radical (unpaired) electrons. The summed E-state index contributed by atoms with van der Waals surface area (Å²) in [5.41, 5.74) is 0.660. The van der Waals surface area contributed by atoms with Gasteiger partial charge in [-0.15, -0.1) is 0 Å². The molecule has 0 aromatic heterocycles. The Labute approximate surface area is 113 Å². The number of aliphatic hydroxyl groups excluding tert-OH is 1. The summed E-state index contributed by atoms with van der Waals surface area (Å²) < 4.78 is 10.3. The van der Waals surface area contributed by atoms with Crippen molar-refractivity contribution in [3.05, 3.63) is 23.8 Å². The molecular formula is C14H21NO4. The van der Waals surface area contributed by atoms with E-state index in [9.17, 15) is 9.90 Å². The molecule has 1 rings (SSSR count). The fourth-order valence-electron chi connectivity index (χ4n) is 1.80. The number of rotatable bonds is 7. The van der Waals surface area contributed by atoms with Gasteiger partial charge in [-0.1, -0.05) is 0 Å². The first-order valence-corrected chi connectivity index (χ1v) is 6.29. The first-order valence-electron chi connectivity index (χ1n) is 6.29. The molecule has 0 bridgehead atoms. The zero-order valence-corrected chi connectivity index (χ0v) is 11.6. The summed E-state index contributed by atoms with van der Waals surface area (Å²) in [6.45, 7) is 2.46. The van der Waals surface area contributed by atoms with E-state index in [0.29, 0.717) is 30.0 Å². The summed E-state index contributed by atoms with van der Waals surface area (Å²) >= 11 is 0. The summed E-state index contributed by atoms with van der Waals surface area (Å²) in [4.78, 5) is 11.4. The van der Waals surface area contributed by atoms with Crippen molar-refractivity contribution in [1.29, 1.82) is 0 Å². The van der Waals surface area contributed by atoms with E-state index < -0.39 is 6.10 Å². The third-order valence-electron chi connectivity index (χ3n) is 2.82. The van der Waals surface area contributed by atoms with Crippen LogP contribution in [0.3, 0.4) is 0 Å². The van der Waals surface area contributed by atoms with Crippen LogP contribution < -0.4 is 14.8 Å². The van der Waals surface area contributed by atoms with Crippen molar-refractivity contribution in [3.63, 3.8) is 0 Å². The lowest BCUT2D eigenvalue weighted by atomic mass is 10.0. The lowest BCUT2D eigenvalue weighted by Crippen LogP contribution is -2.22. The molecule has 0 spiro atoms. The first kappa shape index (κ1) is 15.3. The Balaban J connectivity index is 2.70. The molecule has 0 aliphatic rings. The standard InChI is InChI=1S/C14H21NO4/c1-4-15-14(17)8-7-12(16)11-6-5-10(18-2)9-13(11)19-3/h5-6,9,12,16H,4,7-8H2,1-3H3,(H,15,17). The van der Waals surface area contributed by atoms with Gasteiger partial charge in [0.15, 0.2) is 0 Å². The molecule has 5 nitrogen and oxygen atoms in total. The molecule has 1 aromatic carbocycles. The maximum absolute atomic E-state index is 11.4. The molecule has 0 aliphatic carbocycles. The maximum atomic E-state index is 11.4. The smallest absolute Gasteiger partial charge is 0.220 e. The maximum Gasteiger partial charge on any atom is 0.220 e. The highest BCUT2D eigenvalue weighted by molar-refractivity contribution is 5.75. The van der Waals surface area contributed by atoms with Crippen molar-refractivity contribution >= 4 is 5.91 Å². The molecule has 0 saturated heterocycles. The number of hydrogen-bond acceptors (Lipinski definition) is 4. The van der Waals surface area contributed by atoms with Crippen LogP contribution in [-0.2, 0) is 4.79 Å². The van der Waals surface area contributed by atoms with Gasteiger partial charge < -0.3 is 19.9 Å². The number of carbonyl (C=O) groups is 1. The van der Waals surface area contributed by atoms with Crippen LogP contribution in [0, 0.1) is 0 Å². The second-order valence-corrected chi connectivity index (χ2v) is 4.12. The third kappa shape index (κ3) is 4.44. The second kappa shape index (κ2) is 7.63. The highest BCUT2D eigenvalue weighted by atomic mass is 16.5. The van der Waals surface area contributed by atoms with Crippen LogP contribution in [-0.4, -0.2) is 31.8 Å². The van der Waals surface area contributed by atoms with Gasteiger partial charge in [-0.05, 0) is 25.5 Å². The van der Waals surface area contributed by atoms with Gasteiger partial charge >= 0.3 is 0 Å². The first-order chi connectivity index (χ1) is 9.12. The molecule has 0 fully saturated rings. The van der Waals surface area contributed by atoms with Gasteiger partial charge in [0.2, 0.25) is 5.91 Å². The summed E-state index contributed by atoms with van der Waals surface area (Å²) in [5.74, 6) is 1.16. The Kier molecular flexibility index (Phi) is 6.15. The molecule has 1 amide bonds. The molecule has 5 heteroatoms. The molecule has 1 unspecified atom stereocenters. The molecular weight excluding hydrogens is 246 g/mol. The monoisotopic (exact) mass is 267 g/mol. The normalized spacial score (nSPS) is 11.8. The molecule has 1 aromatic rings. The highest BCUT2D eigenvalue weighted by Crippen LogP contribution is 2.31. The van der Waals surface area contributed by atoms with Crippen LogP contribution in [0.4, 0.5) is 0 Å². The molecule has 0 aliphatic heterocycles. The zero-order chi connectivity index (χ0) is 14.3. The molecule has 1 atom stereocenters. The van der Waals surface area contributed by atoms with Crippen LogP contribution in [0.25, 0.3) is 0 Å². The van der Waals surface area contributed by atoms with E-state index >= 15 is 0 Å². The second-order valence-electron chi connectivity index (χ2n) is 4.12.